The van der Waals surface area contributed by atoms with Crippen LogP contribution in [0.25, 0.3) is 11.6 Å². The number of nitrogens with zero attached hydrogens (tertiary/aromatic N) is 3. The van der Waals surface area contributed by atoms with E-state index in [2.05, 4.69) is 25.1 Å². The van der Waals surface area contributed by atoms with Gasteiger partial charge in [0, 0.05) is 24.3 Å². The maximum atomic E-state index is 11.7. The van der Waals surface area contributed by atoms with E-state index in [9.17, 15) is 4.79 Å². The predicted molar refractivity (Wildman–Crippen MR) is 55.8 cm³/mol. The number of nitrogens with one attached hydrogen (secondary N) is 2. The Balaban J connectivity index is 2.49. The molecular formula is C9H11N5O2. The van der Waals surface area contributed by atoms with E-state index in [1.165, 1.54) is 6.33 Å². The van der Waals surface area contributed by atoms with Crippen molar-refractivity contribution in [1.82, 2.24) is 25.1 Å². The van der Waals surface area contributed by atoms with Crippen molar-refractivity contribution in [3.63, 3.8) is 0 Å². The highest BCUT2D eigenvalue weighted by molar-refractivity contribution is 5.42. The van der Waals surface area contributed by atoms with Gasteiger partial charge in [-0.05, 0) is 6.92 Å². The Morgan fingerprint density at radius 2 is 2.25 bits per heavy atom. The number of rotatable bonds is 3. The Hall–Kier alpha value is -2.02. The molecule has 0 atom stereocenters. The third-order valence-electron chi connectivity index (χ3n) is 2.22. The van der Waals surface area contributed by atoms with Crippen molar-refractivity contribution in [3.05, 3.63) is 27.9 Å². The molecule has 2 aromatic rings. The molecule has 2 aromatic heterocycles. The van der Waals surface area contributed by atoms with Gasteiger partial charge in [0.25, 0.3) is 5.56 Å². The van der Waals surface area contributed by atoms with E-state index in [4.69, 9.17) is 5.11 Å². The fourth-order valence-corrected chi connectivity index (χ4v) is 1.45. The largest absolute Gasteiger partial charge is 0.396 e. The van der Waals surface area contributed by atoms with Crippen LogP contribution in [0.3, 0.4) is 0 Å². The quantitative estimate of drug-likeness (QED) is 0.641. The Bertz CT molecular complexity index is 531. The number of aromatic nitrogens is 5. The van der Waals surface area contributed by atoms with Crippen molar-refractivity contribution in [2.75, 3.05) is 6.61 Å². The highest BCUT2D eigenvalue weighted by Gasteiger charge is 2.10. The van der Waals surface area contributed by atoms with Crippen molar-refractivity contribution < 1.29 is 5.11 Å². The minimum absolute atomic E-state index is 0.0761. The number of hydrogen-bond donors (Lipinski definition) is 3. The number of aryl methyl sites for hydroxylation is 1. The summed E-state index contributed by atoms with van der Waals surface area (Å²) < 4.78 is 0. The van der Waals surface area contributed by atoms with Gasteiger partial charge in [-0.1, -0.05) is 0 Å². The number of aliphatic hydroxyl groups excluding tert-OH is 1. The van der Waals surface area contributed by atoms with Crippen molar-refractivity contribution >= 4 is 0 Å². The second kappa shape index (κ2) is 4.23. The highest BCUT2D eigenvalue weighted by atomic mass is 16.3. The van der Waals surface area contributed by atoms with Crippen LogP contribution in [0.2, 0.25) is 0 Å². The first-order valence-corrected chi connectivity index (χ1v) is 4.78. The van der Waals surface area contributed by atoms with Crippen LogP contribution in [-0.4, -0.2) is 36.9 Å². The fraction of sp³-hybridized carbons (Fsp3) is 0.333. The van der Waals surface area contributed by atoms with E-state index < -0.39 is 0 Å². The Labute approximate surface area is 90.6 Å². The topological polar surface area (TPSA) is 108 Å². The van der Waals surface area contributed by atoms with E-state index in [1.54, 1.807) is 6.92 Å². The van der Waals surface area contributed by atoms with Gasteiger partial charge in [-0.2, -0.15) is 5.10 Å². The summed E-state index contributed by atoms with van der Waals surface area (Å²) in [6.07, 6.45) is 1.64. The van der Waals surface area contributed by atoms with Gasteiger partial charge in [-0.25, -0.2) is 9.97 Å². The summed E-state index contributed by atoms with van der Waals surface area (Å²) in [5, 5.41) is 15.1. The molecule has 0 saturated heterocycles. The smallest absolute Gasteiger partial charge is 0.254 e. The molecule has 0 saturated carbocycles. The van der Waals surface area contributed by atoms with Crippen LogP contribution in [0.1, 0.15) is 11.3 Å². The van der Waals surface area contributed by atoms with Crippen molar-refractivity contribution in [3.8, 4) is 11.6 Å². The molecule has 2 rings (SSSR count). The molecule has 0 bridgehead atoms. The lowest BCUT2D eigenvalue weighted by Gasteiger charge is -2.03. The van der Waals surface area contributed by atoms with E-state index >= 15 is 0 Å². The van der Waals surface area contributed by atoms with Crippen LogP contribution in [0.15, 0.2) is 11.1 Å². The molecule has 3 N–H and O–H groups in total. The summed E-state index contributed by atoms with van der Waals surface area (Å²) in [6, 6.07) is 0. The number of hydrogen-bond acceptors (Lipinski definition) is 5. The first-order chi connectivity index (χ1) is 7.72. The van der Waals surface area contributed by atoms with Crippen LogP contribution in [0, 0.1) is 6.92 Å². The molecule has 84 valence electrons. The van der Waals surface area contributed by atoms with Gasteiger partial charge < -0.3 is 10.1 Å². The van der Waals surface area contributed by atoms with Crippen LogP contribution >= 0.6 is 0 Å². The van der Waals surface area contributed by atoms with Crippen molar-refractivity contribution in [2.24, 2.45) is 0 Å². The Morgan fingerprint density at radius 1 is 1.44 bits per heavy atom. The molecule has 2 heterocycles. The Morgan fingerprint density at radius 3 is 2.81 bits per heavy atom. The predicted octanol–water partition coefficient (Wildman–Crippen LogP) is -0.602. The molecule has 0 fully saturated rings. The van der Waals surface area contributed by atoms with Crippen LogP contribution in [0.5, 0.6) is 0 Å². The van der Waals surface area contributed by atoms with Gasteiger partial charge in [0.1, 0.15) is 6.33 Å². The average molecular weight is 221 g/mol. The van der Waals surface area contributed by atoms with Crippen LogP contribution in [0.4, 0.5) is 0 Å². The van der Waals surface area contributed by atoms with Crippen molar-refractivity contribution in [2.45, 2.75) is 13.3 Å². The zero-order valence-electron chi connectivity index (χ0n) is 8.69. The van der Waals surface area contributed by atoms with Gasteiger partial charge in [-0.3, -0.25) is 9.89 Å². The van der Waals surface area contributed by atoms with Crippen molar-refractivity contribution in [1.29, 1.82) is 0 Å². The molecule has 16 heavy (non-hydrogen) atoms. The van der Waals surface area contributed by atoms with E-state index in [1.807, 2.05) is 0 Å². The summed E-state index contributed by atoms with van der Waals surface area (Å²) in [6.45, 7) is 1.65. The summed E-state index contributed by atoms with van der Waals surface area (Å²) in [5.41, 5.74) is 0.822. The minimum Gasteiger partial charge on any atom is -0.396 e. The lowest BCUT2D eigenvalue weighted by molar-refractivity contribution is 0.298. The van der Waals surface area contributed by atoms with Gasteiger partial charge in [0.2, 0.25) is 0 Å². The molecule has 0 aromatic carbocycles. The molecule has 0 radical (unpaired) electrons. The molecule has 0 aliphatic rings. The molecule has 0 aliphatic carbocycles. The second-order valence-corrected chi connectivity index (χ2v) is 3.29. The average Bonchev–Trinajstić information content (AvgIpc) is 2.76. The first-order valence-electron chi connectivity index (χ1n) is 4.78. The first kappa shape index (κ1) is 10.5. The minimum atomic E-state index is -0.257. The molecule has 7 heteroatoms. The summed E-state index contributed by atoms with van der Waals surface area (Å²) in [4.78, 5) is 22.4. The van der Waals surface area contributed by atoms with E-state index in [-0.39, 0.29) is 12.2 Å². The highest BCUT2D eigenvalue weighted by Crippen LogP contribution is 2.07. The van der Waals surface area contributed by atoms with E-state index in [0.717, 1.165) is 0 Å². The molecule has 0 spiro atoms. The SMILES string of the molecule is Cc1nc(-c2ncn[nH]2)[nH]c(=O)c1CCO. The maximum absolute atomic E-state index is 11.7. The summed E-state index contributed by atoms with van der Waals surface area (Å²) in [7, 11) is 0. The Kier molecular flexibility index (Phi) is 2.78. The summed E-state index contributed by atoms with van der Waals surface area (Å²) >= 11 is 0. The number of H-pyrrole nitrogens is 2. The lowest BCUT2D eigenvalue weighted by atomic mass is 10.2. The number of aliphatic hydroxyl groups is 1. The molecule has 0 amide bonds. The lowest BCUT2D eigenvalue weighted by Crippen LogP contribution is -2.18. The van der Waals surface area contributed by atoms with Gasteiger partial charge in [-0.15, -0.1) is 0 Å². The van der Waals surface area contributed by atoms with E-state index in [0.29, 0.717) is 29.3 Å². The fourth-order valence-electron chi connectivity index (χ4n) is 1.45. The van der Waals surface area contributed by atoms with Gasteiger partial charge in [0.15, 0.2) is 11.6 Å². The van der Waals surface area contributed by atoms with Crippen LogP contribution in [-0.2, 0) is 6.42 Å². The third-order valence-corrected chi connectivity index (χ3v) is 2.22. The monoisotopic (exact) mass is 221 g/mol. The molecule has 0 unspecified atom stereocenters. The molecular weight excluding hydrogens is 210 g/mol. The molecule has 0 aliphatic heterocycles. The second-order valence-electron chi connectivity index (χ2n) is 3.29. The van der Waals surface area contributed by atoms with Gasteiger partial charge >= 0.3 is 0 Å². The maximum Gasteiger partial charge on any atom is 0.254 e. The standard InChI is InChI=1S/C9H11N5O2/c1-5-6(2-3-15)9(16)13-8(12-5)7-10-4-11-14-7/h4,15H,2-3H2,1H3,(H,10,11,14)(H,12,13,16). The number of aromatic amines is 2. The third kappa shape index (κ3) is 1.84. The zero-order chi connectivity index (χ0) is 11.5. The molecule has 7 nitrogen and oxygen atoms in total. The van der Waals surface area contributed by atoms with Crippen LogP contribution < -0.4 is 5.56 Å². The summed E-state index contributed by atoms with van der Waals surface area (Å²) in [5.74, 6) is 0.762. The zero-order valence-corrected chi connectivity index (χ0v) is 8.69. The van der Waals surface area contributed by atoms with Gasteiger partial charge in [0.05, 0.1) is 0 Å². The normalized spacial score (nSPS) is 10.6.